The first-order valence-electron chi connectivity index (χ1n) is 9.46. The van der Waals surface area contributed by atoms with Crippen molar-refractivity contribution in [2.24, 2.45) is 0 Å². The molecule has 5 heteroatoms. The number of anilines is 1. The Kier molecular flexibility index (Phi) is 4.23. The molecule has 1 aliphatic rings. The molecule has 1 fully saturated rings. The van der Waals surface area contributed by atoms with Gasteiger partial charge in [0.1, 0.15) is 6.54 Å². The van der Waals surface area contributed by atoms with E-state index >= 15 is 0 Å². The third-order valence-corrected chi connectivity index (χ3v) is 5.80. The van der Waals surface area contributed by atoms with E-state index in [4.69, 9.17) is 11.6 Å². The molecule has 3 heterocycles. The Bertz CT molecular complexity index is 1100. The van der Waals surface area contributed by atoms with Gasteiger partial charge in [-0.15, -0.1) is 0 Å². The minimum Gasteiger partial charge on any atom is -0.360 e. The summed E-state index contributed by atoms with van der Waals surface area (Å²) >= 11 is 6.15. The fourth-order valence-corrected chi connectivity index (χ4v) is 4.33. The molecule has 4 nitrogen and oxygen atoms in total. The van der Waals surface area contributed by atoms with Crippen LogP contribution in [0, 0.1) is 0 Å². The zero-order valence-electron chi connectivity index (χ0n) is 15.1. The number of nitrogens with one attached hydrogen (secondary N) is 1. The maximum absolute atomic E-state index is 6.15. The van der Waals surface area contributed by atoms with Crippen LogP contribution in [-0.2, 0) is 6.54 Å². The Morgan fingerprint density at radius 3 is 2.70 bits per heavy atom. The molecule has 1 N–H and O–H groups in total. The van der Waals surface area contributed by atoms with Gasteiger partial charge in [-0.3, -0.25) is 0 Å². The maximum atomic E-state index is 6.15. The lowest BCUT2D eigenvalue weighted by Gasteiger charge is -2.33. The molecule has 0 saturated carbocycles. The summed E-state index contributed by atoms with van der Waals surface area (Å²) in [4.78, 5) is 4.04. The molecule has 2 aromatic heterocycles. The quantitative estimate of drug-likeness (QED) is 0.593. The monoisotopic (exact) mass is 377 g/mol. The molecule has 0 radical (unpaired) electrons. The number of quaternary nitrogens is 1. The normalized spacial score (nSPS) is 15.7. The van der Waals surface area contributed by atoms with E-state index in [9.17, 15) is 0 Å². The van der Waals surface area contributed by atoms with Crippen LogP contribution in [0.4, 0.5) is 5.69 Å². The van der Waals surface area contributed by atoms with Gasteiger partial charge >= 0.3 is 0 Å². The summed E-state index contributed by atoms with van der Waals surface area (Å²) in [6, 6.07) is 18.9. The molecule has 0 aliphatic carbocycles. The van der Waals surface area contributed by atoms with Crippen LogP contribution < -0.4 is 9.80 Å². The second kappa shape index (κ2) is 6.87. The molecule has 1 saturated heterocycles. The Labute approximate surface area is 163 Å². The molecule has 1 aliphatic heterocycles. The number of pyridine rings is 1. The van der Waals surface area contributed by atoms with Crippen molar-refractivity contribution in [2.75, 3.05) is 31.1 Å². The number of rotatable bonds is 3. The molecular formula is C22H22ClN4+. The number of hydrogen-bond donors (Lipinski definition) is 1. The first-order valence-corrected chi connectivity index (χ1v) is 9.84. The predicted molar refractivity (Wildman–Crippen MR) is 111 cm³/mol. The standard InChI is InChI=1S/C22H21ClN4/c23-19-5-3-6-20(14-19)26-12-10-25(11-13-26)16-18-15-24-27-9-8-17-4-1-2-7-21(17)22(18)27/h1-9,14-15H,10-13,16H2/p+1. The highest BCUT2D eigenvalue weighted by Crippen LogP contribution is 2.23. The lowest BCUT2D eigenvalue weighted by atomic mass is 10.1. The van der Waals surface area contributed by atoms with Crippen LogP contribution in [0.1, 0.15) is 5.56 Å². The van der Waals surface area contributed by atoms with E-state index in [1.54, 1.807) is 4.90 Å². The number of halogens is 1. The number of fused-ring (bicyclic) bond motifs is 3. The molecule has 0 amide bonds. The summed E-state index contributed by atoms with van der Waals surface area (Å²) in [6.07, 6.45) is 4.10. The van der Waals surface area contributed by atoms with E-state index in [0.29, 0.717) is 0 Å². The summed E-state index contributed by atoms with van der Waals surface area (Å²) in [6.45, 7) is 5.36. The minimum absolute atomic E-state index is 0.806. The molecule has 2 aromatic carbocycles. The average Bonchev–Trinajstić information content (AvgIpc) is 3.12. The number of piperazine rings is 1. The molecule has 5 rings (SSSR count). The van der Waals surface area contributed by atoms with Crippen LogP contribution in [0.5, 0.6) is 0 Å². The Hall–Kier alpha value is -2.56. The van der Waals surface area contributed by atoms with Gasteiger partial charge in [-0.05, 0) is 29.7 Å². The van der Waals surface area contributed by atoms with Crippen molar-refractivity contribution < 1.29 is 4.90 Å². The van der Waals surface area contributed by atoms with Crippen LogP contribution in [0.25, 0.3) is 16.3 Å². The van der Waals surface area contributed by atoms with Crippen LogP contribution in [0.15, 0.2) is 67.0 Å². The fourth-order valence-electron chi connectivity index (χ4n) is 4.15. The zero-order valence-corrected chi connectivity index (χ0v) is 15.9. The first kappa shape index (κ1) is 16.6. The zero-order chi connectivity index (χ0) is 18.2. The summed E-state index contributed by atoms with van der Waals surface area (Å²) in [5, 5.41) is 7.94. The fraction of sp³-hybridized carbons (Fsp3) is 0.227. The van der Waals surface area contributed by atoms with Crippen molar-refractivity contribution in [3.8, 4) is 0 Å². The largest absolute Gasteiger partial charge is 0.360 e. The molecule has 27 heavy (non-hydrogen) atoms. The molecular weight excluding hydrogens is 356 g/mol. The third-order valence-electron chi connectivity index (χ3n) is 5.57. The number of nitrogens with zero attached hydrogens (tertiary/aromatic N) is 3. The lowest BCUT2D eigenvalue weighted by Crippen LogP contribution is -3.13. The second-order valence-electron chi connectivity index (χ2n) is 7.26. The van der Waals surface area contributed by atoms with Gasteiger partial charge in [0.15, 0.2) is 0 Å². The number of aromatic nitrogens is 2. The minimum atomic E-state index is 0.806. The van der Waals surface area contributed by atoms with Crippen LogP contribution in [0.3, 0.4) is 0 Å². The van der Waals surface area contributed by atoms with Gasteiger partial charge in [0.2, 0.25) is 0 Å². The maximum Gasteiger partial charge on any atom is 0.107 e. The highest BCUT2D eigenvalue weighted by Gasteiger charge is 2.22. The molecule has 4 aromatic rings. The van der Waals surface area contributed by atoms with Gasteiger partial charge in [-0.25, -0.2) is 4.52 Å². The highest BCUT2D eigenvalue weighted by molar-refractivity contribution is 6.30. The SMILES string of the molecule is Clc1cccc(N2CC[NH+](Cc3cnn4ccc5ccccc5c34)CC2)c1. The van der Waals surface area contributed by atoms with Crippen molar-refractivity contribution in [1.29, 1.82) is 0 Å². The Morgan fingerprint density at radius 1 is 1.00 bits per heavy atom. The van der Waals surface area contributed by atoms with E-state index in [-0.39, 0.29) is 0 Å². The Balaban J connectivity index is 1.35. The van der Waals surface area contributed by atoms with E-state index < -0.39 is 0 Å². The van der Waals surface area contributed by atoms with Gasteiger partial charge in [0.05, 0.1) is 43.5 Å². The van der Waals surface area contributed by atoms with Crippen molar-refractivity contribution in [3.05, 3.63) is 77.6 Å². The van der Waals surface area contributed by atoms with Gasteiger partial charge in [0, 0.05) is 22.3 Å². The van der Waals surface area contributed by atoms with E-state index in [2.05, 4.69) is 58.7 Å². The van der Waals surface area contributed by atoms with E-state index in [0.717, 1.165) is 37.7 Å². The van der Waals surface area contributed by atoms with E-state index in [1.807, 2.05) is 22.8 Å². The highest BCUT2D eigenvalue weighted by atomic mass is 35.5. The van der Waals surface area contributed by atoms with Crippen molar-refractivity contribution in [2.45, 2.75) is 6.54 Å². The number of benzene rings is 2. The number of hydrogen-bond acceptors (Lipinski definition) is 2. The molecule has 136 valence electrons. The average molecular weight is 378 g/mol. The molecule has 0 bridgehead atoms. The van der Waals surface area contributed by atoms with Crippen molar-refractivity contribution >= 4 is 33.6 Å². The van der Waals surface area contributed by atoms with Crippen molar-refractivity contribution in [1.82, 2.24) is 9.61 Å². The van der Waals surface area contributed by atoms with Gasteiger partial charge in [-0.2, -0.15) is 5.10 Å². The lowest BCUT2D eigenvalue weighted by molar-refractivity contribution is -0.914. The van der Waals surface area contributed by atoms with Gasteiger partial charge in [-0.1, -0.05) is 41.9 Å². The first-order chi connectivity index (χ1) is 13.3. The van der Waals surface area contributed by atoms with Crippen LogP contribution in [-0.4, -0.2) is 35.8 Å². The van der Waals surface area contributed by atoms with Crippen LogP contribution >= 0.6 is 11.6 Å². The van der Waals surface area contributed by atoms with E-state index in [1.165, 1.54) is 27.5 Å². The molecule has 0 spiro atoms. The second-order valence-corrected chi connectivity index (χ2v) is 7.70. The van der Waals surface area contributed by atoms with Gasteiger partial charge in [0.25, 0.3) is 0 Å². The summed E-state index contributed by atoms with van der Waals surface area (Å²) < 4.78 is 2.01. The predicted octanol–water partition coefficient (Wildman–Crippen LogP) is 3.05. The summed E-state index contributed by atoms with van der Waals surface area (Å²) in [7, 11) is 0. The van der Waals surface area contributed by atoms with Gasteiger partial charge < -0.3 is 9.80 Å². The molecule has 0 unspecified atom stereocenters. The molecule has 0 atom stereocenters. The summed E-state index contributed by atoms with van der Waals surface area (Å²) in [5.74, 6) is 0. The topological polar surface area (TPSA) is 25.0 Å². The van der Waals surface area contributed by atoms with Crippen molar-refractivity contribution in [3.63, 3.8) is 0 Å². The smallest absolute Gasteiger partial charge is 0.107 e. The summed E-state index contributed by atoms with van der Waals surface area (Å²) in [5.41, 5.74) is 3.81. The Morgan fingerprint density at radius 2 is 1.85 bits per heavy atom. The van der Waals surface area contributed by atoms with Crippen LogP contribution in [0.2, 0.25) is 5.02 Å². The third kappa shape index (κ3) is 3.15.